The Kier molecular flexibility index (Phi) is 4.12. The maximum Gasteiger partial charge on any atom is 0.118 e. The average Bonchev–Trinajstić information content (AvgIpc) is 2.79. The van der Waals surface area contributed by atoms with Crippen molar-refractivity contribution < 1.29 is 0 Å². The first-order valence-electron chi connectivity index (χ1n) is 7.47. The number of hydrogen-bond acceptors (Lipinski definition) is 4. The van der Waals surface area contributed by atoms with Gasteiger partial charge in [-0.05, 0) is 45.7 Å². The van der Waals surface area contributed by atoms with Crippen molar-refractivity contribution >= 4 is 23.1 Å². The highest BCUT2D eigenvalue weighted by Crippen LogP contribution is 2.45. The van der Waals surface area contributed by atoms with E-state index in [0.717, 1.165) is 17.9 Å². The molecule has 2 nitrogen and oxygen atoms in total. The maximum absolute atomic E-state index is 4.90. The summed E-state index contributed by atoms with van der Waals surface area (Å²) in [6.45, 7) is 8.73. The third-order valence-corrected chi connectivity index (χ3v) is 6.32. The Hall–Kier alpha value is -0.840. The molecule has 112 valence electrons. The quantitative estimate of drug-likeness (QED) is 0.902. The first kappa shape index (κ1) is 15.1. The summed E-state index contributed by atoms with van der Waals surface area (Å²) in [5, 5.41) is 5.06. The van der Waals surface area contributed by atoms with Crippen LogP contribution in [-0.4, -0.2) is 16.8 Å². The van der Waals surface area contributed by atoms with Gasteiger partial charge in [0.05, 0.1) is 11.2 Å². The van der Waals surface area contributed by atoms with Gasteiger partial charge in [0.2, 0.25) is 0 Å². The molecule has 0 radical (unpaired) electrons. The van der Waals surface area contributed by atoms with E-state index in [4.69, 9.17) is 4.98 Å². The van der Waals surface area contributed by atoms with Gasteiger partial charge in [-0.3, -0.25) is 5.32 Å². The second-order valence-electron chi connectivity index (χ2n) is 5.96. The summed E-state index contributed by atoms with van der Waals surface area (Å²) in [4.78, 5) is 7.62. The molecule has 3 rings (SSSR count). The lowest BCUT2D eigenvalue weighted by Crippen LogP contribution is -2.48. The Labute approximate surface area is 135 Å². The highest BCUT2D eigenvalue weighted by molar-refractivity contribution is 7.99. The minimum Gasteiger partial charge on any atom is -0.299 e. The zero-order valence-corrected chi connectivity index (χ0v) is 14.7. The third kappa shape index (κ3) is 2.65. The number of fused-ring (bicyclic) bond motifs is 1. The lowest BCUT2D eigenvalue weighted by Gasteiger charge is -2.39. The van der Waals surface area contributed by atoms with E-state index >= 15 is 0 Å². The van der Waals surface area contributed by atoms with E-state index < -0.39 is 0 Å². The zero-order chi connectivity index (χ0) is 15.0. The second-order valence-corrected chi connectivity index (χ2v) is 8.30. The van der Waals surface area contributed by atoms with Crippen LogP contribution in [0.2, 0.25) is 0 Å². The smallest absolute Gasteiger partial charge is 0.118 e. The van der Waals surface area contributed by atoms with Gasteiger partial charge >= 0.3 is 0 Å². The average molecular weight is 319 g/mol. The van der Waals surface area contributed by atoms with E-state index in [0.29, 0.717) is 6.04 Å². The molecule has 2 heterocycles. The highest BCUT2D eigenvalue weighted by atomic mass is 32.2. The van der Waals surface area contributed by atoms with Crippen LogP contribution < -0.4 is 5.32 Å². The number of aryl methyl sites for hydroxylation is 2. The molecule has 1 aromatic carbocycles. The van der Waals surface area contributed by atoms with Crippen LogP contribution in [-0.2, 0) is 5.54 Å². The van der Waals surface area contributed by atoms with Crippen molar-refractivity contribution in [2.75, 3.05) is 5.75 Å². The van der Waals surface area contributed by atoms with Crippen molar-refractivity contribution in [1.82, 2.24) is 10.3 Å². The number of thiazole rings is 1. The van der Waals surface area contributed by atoms with E-state index in [-0.39, 0.29) is 5.54 Å². The molecule has 1 atom stereocenters. The number of rotatable bonds is 3. The largest absolute Gasteiger partial charge is 0.299 e. The third-order valence-electron chi connectivity index (χ3n) is 4.01. The summed E-state index contributed by atoms with van der Waals surface area (Å²) < 4.78 is 0. The van der Waals surface area contributed by atoms with Crippen LogP contribution >= 0.6 is 23.1 Å². The number of aromatic nitrogens is 1. The van der Waals surface area contributed by atoms with Gasteiger partial charge in [-0.2, -0.15) is 0 Å². The normalized spacial score (nSPS) is 21.6. The molecule has 1 aliphatic rings. The van der Waals surface area contributed by atoms with Crippen LogP contribution in [0.25, 0.3) is 0 Å². The van der Waals surface area contributed by atoms with Crippen LogP contribution in [0, 0.1) is 13.8 Å². The molecular weight excluding hydrogens is 296 g/mol. The topological polar surface area (TPSA) is 24.9 Å². The molecule has 0 fully saturated rings. The monoisotopic (exact) mass is 318 g/mol. The van der Waals surface area contributed by atoms with Crippen molar-refractivity contribution in [2.45, 2.75) is 50.6 Å². The molecule has 21 heavy (non-hydrogen) atoms. The maximum atomic E-state index is 4.90. The van der Waals surface area contributed by atoms with Crippen molar-refractivity contribution in [1.29, 1.82) is 0 Å². The van der Waals surface area contributed by atoms with Gasteiger partial charge in [0.15, 0.2) is 0 Å². The van der Waals surface area contributed by atoms with Crippen molar-refractivity contribution in [2.24, 2.45) is 0 Å². The molecule has 1 aliphatic heterocycles. The van der Waals surface area contributed by atoms with Crippen molar-refractivity contribution in [3.05, 3.63) is 45.4 Å². The summed E-state index contributed by atoms with van der Waals surface area (Å²) in [6, 6.07) is 9.21. The Morgan fingerprint density at radius 3 is 2.67 bits per heavy atom. The van der Waals surface area contributed by atoms with Gasteiger partial charge in [0, 0.05) is 21.6 Å². The Bertz CT molecular complexity index is 628. The summed E-state index contributed by atoms with van der Waals surface area (Å²) in [6.07, 6.45) is 1.10. The fourth-order valence-electron chi connectivity index (χ4n) is 2.98. The van der Waals surface area contributed by atoms with E-state index in [2.05, 4.69) is 57.3 Å². The minimum atomic E-state index is -0.125. The predicted octanol–water partition coefficient (Wildman–Crippen LogP) is 4.50. The fraction of sp³-hybridized carbons (Fsp3) is 0.471. The molecule has 0 spiro atoms. The number of benzene rings is 1. The second kappa shape index (κ2) is 5.75. The first-order chi connectivity index (χ1) is 10.0. The van der Waals surface area contributed by atoms with E-state index in [1.54, 1.807) is 0 Å². The molecular formula is C17H22N2S2. The van der Waals surface area contributed by atoms with E-state index in [1.807, 2.05) is 23.1 Å². The van der Waals surface area contributed by atoms with Gasteiger partial charge in [-0.15, -0.1) is 23.1 Å². The van der Waals surface area contributed by atoms with Gasteiger partial charge in [-0.1, -0.05) is 18.2 Å². The molecule has 0 saturated heterocycles. The molecule has 1 unspecified atom stereocenters. The number of nitrogens with one attached hydrogen (secondary N) is 1. The van der Waals surface area contributed by atoms with Crippen molar-refractivity contribution in [3.63, 3.8) is 0 Å². The standard InChI is InChI=1S/C17H22N2S2/c1-11(2)19-17(16-18-12(3)13(4)21-16)9-10-20-15-8-6-5-7-14(15)17/h5-8,11,19H,9-10H2,1-4H3. The molecule has 0 bridgehead atoms. The fourth-order valence-corrected chi connectivity index (χ4v) is 5.29. The summed E-state index contributed by atoms with van der Waals surface area (Å²) in [7, 11) is 0. The van der Waals surface area contributed by atoms with Gasteiger partial charge in [-0.25, -0.2) is 4.98 Å². The molecule has 0 saturated carbocycles. The lowest BCUT2D eigenvalue weighted by molar-refractivity contribution is 0.345. The van der Waals surface area contributed by atoms with Gasteiger partial charge < -0.3 is 0 Å². The predicted molar refractivity (Wildman–Crippen MR) is 92.4 cm³/mol. The summed E-state index contributed by atoms with van der Waals surface area (Å²) >= 11 is 3.80. The molecule has 4 heteroatoms. The summed E-state index contributed by atoms with van der Waals surface area (Å²) in [5.74, 6) is 1.13. The first-order valence-corrected chi connectivity index (χ1v) is 9.27. The molecule has 0 aliphatic carbocycles. The lowest BCUT2D eigenvalue weighted by atomic mass is 9.86. The van der Waals surface area contributed by atoms with Crippen LogP contribution in [0.5, 0.6) is 0 Å². The van der Waals surface area contributed by atoms with Gasteiger partial charge in [0.1, 0.15) is 5.01 Å². The minimum absolute atomic E-state index is 0.125. The highest BCUT2D eigenvalue weighted by Gasteiger charge is 2.41. The van der Waals surface area contributed by atoms with Gasteiger partial charge in [0.25, 0.3) is 0 Å². The number of thioether (sulfide) groups is 1. The Morgan fingerprint density at radius 1 is 1.24 bits per heavy atom. The molecule has 1 N–H and O–H groups in total. The van der Waals surface area contributed by atoms with Crippen LogP contribution in [0.1, 0.15) is 41.4 Å². The van der Waals surface area contributed by atoms with Crippen LogP contribution in [0.15, 0.2) is 29.2 Å². The molecule has 2 aromatic rings. The zero-order valence-electron chi connectivity index (χ0n) is 13.1. The van der Waals surface area contributed by atoms with Crippen LogP contribution in [0.4, 0.5) is 0 Å². The Balaban J connectivity index is 2.19. The van der Waals surface area contributed by atoms with Crippen molar-refractivity contribution in [3.8, 4) is 0 Å². The molecule has 1 aromatic heterocycles. The van der Waals surface area contributed by atoms with E-state index in [9.17, 15) is 0 Å². The van der Waals surface area contributed by atoms with E-state index in [1.165, 1.54) is 20.3 Å². The van der Waals surface area contributed by atoms with Crippen LogP contribution in [0.3, 0.4) is 0 Å². The number of nitrogens with zero attached hydrogens (tertiary/aromatic N) is 1. The Morgan fingerprint density at radius 2 is 2.00 bits per heavy atom. The molecule has 0 amide bonds. The SMILES string of the molecule is Cc1nc(C2(NC(C)C)CCSc3ccccc32)sc1C. The number of hydrogen-bond donors (Lipinski definition) is 1. The summed E-state index contributed by atoms with van der Waals surface area (Å²) in [5.41, 5.74) is 2.43.